The van der Waals surface area contributed by atoms with Crippen LogP contribution in [0.5, 0.6) is 0 Å². The van der Waals surface area contributed by atoms with E-state index in [4.69, 9.17) is 10.5 Å². The molecule has 0 heterocycles. The predicted molar refractivity (Wildman–Crippen MR) is 78.7 cm³/mol. The topological polar surface area (TPSA) is 102 Å². The lowest BCUT2D eigenvalue weighted by Crippen LogP contribution is -2.51. The number of alkyl carbamates (subject to hydrolysis) is 1. The first-order valence-corrected chi connectivity index (χ1v) is 6.63. The van der Waals surface area contributed by atoms with Crippen molar-refractivity contribution in [1.29, 1.82) is 0 Å². The molecule has 1 aromatic carbocycles. The minimum absolute atomic E-state index is 0.176. The summed E-state index contributed by atoms with van der Waals surface area (Å²) in [6.45, 7) is 6.71. The Labute approximate surface area is 124 Å². The molecule has 0 saturated heterocycles. The molecule has 0 aliphatic heterocycles. The quantitative estimate of drug-likeness (QED) is 0.788. The number of benzene rings is 1. The molecule has 1 unspecified atom stereocenters. The SMILES string of the molecule is CC(C)(C)OC(=O)NC(C)(C(=O)O)c1ccccc1CN. The van der Waals surface area contributed by atoms with Gasteiger partial charge in [-0.05, 0) is 38.8 Å². The second kappa shape index (κ2) is 6.13. The summed E-state index contributed by atoms with van der Waals surface area (Å²) < 4.78 is 5.13. The van der Waals surface area contributed by atoms with E-state index in [9.17, 15) is 14.7 Å². The van der Waals surface area contributed by atoms with Gasteiger partial charge < -0.3 is 20.9 Å². The van der Waals surface area contributed by atoms with Crippen LogP contribution in [-0.4, -0.2) is 22.8 Å². The van der Waals surface area contributed by atoms with Gasteiger partial charge in [0, 0.05) is 6.54 Å². The molecule has 21 heavy (non-hydrogen) atoms. The number of aliphatic carboxylic acids is 1. The van der Waals surface area contributed by atoms with Crippen molar-refractivity contribution in [3.63, 3.8) is 0 Å². The lowest BCUT2D eigenvalue weighted by Gasteiger charge is -2.30. The van der Waals surface area contributed by atoms with Gasteiger partial charge in [0.15, 0.2) is 5.54 Å². The van der Waals surface area contributed by atoms with Gasteiger partial charge in [0.05, 0.1) is 0 Å². The maximum atomic E-state index is 11.9. The van der Waals surface area contributed by atoms with Crippen molar-refractivity contribution >= 4 is 12.1 Å². The molecular formula is C15H22N2O4. The van der Waals surface area contributed by atoms with E-state index >= 15 is 0 Å². The number of carboxylic acid groups (broad SMARTS) is 1. The Morgan fingerprint density at radius 1 is 1.24 bits per heavy atom. The molecule has 1 aromatic rings. The highest BCUT2D eigenvalue weighted by atomic mass is 16.6. The molecule has 1 amide bonds. The van der Waals surface area contributed by atoms with Crippen molar-refractivity contribution in [2.45, 2.75) is 45.4 Å². The summed E-state index contributed by atoms with van der Waals surface area (Å²) in [6, 6.07) is 6.83. The molecule has 0 aliphatic carbocycles. The van der Waals surface area contributed by atoms with E-state index in [0.29, 0.717) is 11.1 Å². The molecule has 4 N–H and O–H groups in total. The molecule has 0 radical (unpaired) electrons. The summed E-state index contributed by atoms with van der Waals surface area (Å²) in [5.74, 6) is -1.19. The van der Waals surface area contributed by atoms with E-state index in [-0.39, 0.29) is 6.54 Å². The Hall–Kier alpha value is -2.08. The van der Waals surface area contributed by atoms with E-state index in [1.165, 1.54) is 6.92 Å². The number of amides is 1. The van der Waals surface area contributed by atoms with Crippen LogP contribution in [0, 0.1) is 0 Å². The third kappa shape index (κ3) is 4.19. The number of hydrogen-bond donors (Lipinski definition) is 3. The maximum Gasteiger partial charge on any atom is 0.408 e. The van der Waals surface area contributed by atoms with Crippen LogP contribution in [-0.2, 0) is 21.6 Å². The van der Waals surface area contributed by atoms with Crippen molar-refractivity contribution in [3.05, 3.63) is 35.4 Å². The normalized spacial score (nSPS) is 14.1. The van der Waals surface area contributed by atoms with Gasteiger partial charge in [-0.2, -0.15) is 0 Å². The van der Waals surface area contributed by atoms with Crippen LogP contribution >= 0.6 is 0 Å². The molecule has 0 spiro atoms. The number of carbonyl (C=O) groups excluding carboxylic acids is 1. The number of rotatable bonds is 4. The van der Waals surface area contributed by atoms with Gasteiger partial charge >= 0.3 is 12.1 Å². The van der Waals surface area contributed by atoms with E-state index in [2.05, 4.69) is 5.32 Å². The number of nitrogens with one attached hydrogen (secondary N) is 1. The lowest BCUT2D eigenvalue weighted by molar-refractivity contribution is -0.144. The molecule has 0 aromatic heterocycles. The second-order valence-electron chi connectivity index (χ2n) is 5.92. The van der Waals surface area contributed by atoms with Crippen LogP contribution in [0.4, 0.5) is 4.79 Å². The van der Waals surface area contributed by atoms with Gasteiger partial charge in [0.1, 0.15) is 5.60 Å². The Morgan fingerprint density at radius 2 is 1.81 bits per heavy atom. The zero-order valence-electron chi connectivity index (χ0n) is 12.8. The molecule has 116 valence electrons. The Morgan fingerprint density at radius 3 is 2.29 bits per heavy atom. The van der Waals surface area contributed by atoms with E-state index in [1.807, 2.05) is 0 Å². The molecule has 1 rings (SSSR count). The smallest absolute Gasteiger partial charge is 0.408 e. The molecule has 1 atom stereocenters. The first-order valence-electron chi connectivity index (χ1n) is 6.63. The fourth-order valence-corrected chi connectivity index (χ4v) is 1.93. The van der Waals surface area contributed by atoms with E-state index in [1.54, 1.807) is 45.0 Å². The van der Waals surface area contributed by atoms with Crippen molar-refractivity contribution in [1.82, 2.24) is 5.32 Å². The Kier molecular flexibility index (Phi) is 4.96. The van der Waals surface area contributed by atoms with Gasteiger partial charge in [-0.15, -0.1) is 0 Å². The summed E-state index contributed by atoms with van der Waals surface area (Å²) in [7, 11) is 0. The minimum Gasteiger partial charge on any atom is -0.479 e. The van der Waals surface area contributed by atoms with Crippen molar-refractivity contribution < 1.29 is 19.4 Å². The highest BCUT2D eigenvalue weighted by molar-refractivity contribution is 5.86. The van der Waals surface area contributed by atoms with Crippen LogP contribution < -0.4 is 11.1 Å². The Bertz CT molecular complexity index is 537. The third-order valence-corrected chi connectivity index (χ3v) is 2.95. The van der Waals surface area contributed by atoms with Gasteiger partial charge in [-0.3, -0.25) is 0 Å². The van der Waals surface area contributed by atoms with Crippen LogP contribution in [0.25, 0.3) is 0 Å². The number of hydrogen-bond acceptors (Lipinski definition) is 4. The first-order chi connectivity index (χ1) is 9.60. The van der Waals surface area contributed by atoms with Crippen molar-refractivity contribution in [3.8, 4) is 0 Å². The maximum absolute atomic E-state index is 11.9. The zero-order valence-corrected chi connectivity index (χ0v) is 12.8. The number of carboxylic acids is 1. The average molecular weight is 294 g/mol. The zero-order chi connectivity index (χ0) is 16.3. The van der Waals surface area contributed by atoms with Crippen LogP contribution in [0.15, 0.2) is 24.3 Å². The van der Waals surface area contributed by atoms with Gasteiger partial charge in [0.25, 0.3) is 0 Å². The molecule has 0 aliphatic rings. The average Bonchev–Trinajstić information content (AvgIpc) is 2.35. The summed E-state index contributed by atoms with van der Waals surface area (Å²) in [6.07, 6.45) is -0.792. The van der Waals surface area contributed by atoms with Crippen molar-refractivity contribution in [2.24, 2.45) is 5.73 Å². The van der Waals surface area contributed by atoms with Crippen LogP contribution in [0.1, 0.15) is 38.8 Å². The number of ether oxygens (including phenoxy) is 1. The van der Waals surface area contributed by atoms with Crippen LogP contribution in [0.3, 0.4) is 0 Å². The highest BCUT2D eigenvalue weighted by Gasteiger charge is 2.39. The van der Waals surface area contributed by atoms with E-state index < -0.39 is 23.2 Å². The minimum atomic E-state index is -1.61. The predicted octanol–water partition coefficient (Wildman–Crippen LogP) is 1.97. The van der Waals surface area contributed by atoms with E-state index in [0.717, 1.165) is 0 Å². The highest BCUT2D eigenvalue weighted by Crippen LogP contribution is 2.25. The molecule has 0 fully saturated rings. The lowest BCUT2D eigenvalue weighted by atomic mass is 9.88. The first kappa shape index (κ1) is 17.0. The molecule has 6 nitrogen and oxygen atoms in total. The number of nitrogens with two attached hydrogens (primary N) is 1. The Balaban J connectivity index is 3.15. The fraction of sp³-hybridized carbons (Fsp3) is 0.467. The summed E-state index contributed by atoms with van der Waals surface area (Å²) in [5.41, 5.74) is 4.41. The standard InChI is InChI=1S/C15H22N2O4/c1-14(2,3)21-13(20)17-15(4,12(18)19)11-8-6-5-7-10(11)9-16/h5-8H,9,16H2,1-4H3,(H,17,20)(H,18,19). The van der Waals surface area contributed by atoms with Gasteiger partial charge in [-0.1, -0.05) is 24.3 Å². The number of carbonyl (C=O) groups is 2. The summed E-state index contributed by atoms with van der Waals surface area (Å²) in [5, 5.41) is 12.0. The van der Waals surface area contributed by atoms with Crippen molar-refractivity contribution in [2.75, 3.05) is 0 Å². The van der Waals surface area contributed by atoms with Gasteiger partial charge in [-0.25, -0.2) is 9.59 Å². The molecule has 0 bridgehead atoms. The molecule has 6 heteroatoms. The molecule has 0 saturated carbocycles. The second-order valence-corrected chi connectivity index (χ2v) is 5.92. The third-order valence-electron chi connectivity index (χ3n) is 2.95. The van der Waals surface area contributed by atoms with Crippen LogP contribution in [0.2, 0.25) is 0 Å². The monoisotopic (exact) mass is 294 g/mol. The molecular weight excluding hydrogens is 272 g/mol. The summed E-state index contributed by atoms with van der Waals surface area (Å²) >= 11 is 0. The van der Waals surface area contributed by atoms with Gasteiger partial charge in [0.2, 0.25) is 0 Å². The largest absolute Gasteiger partial charge is 0.479 e. The summed E-state index contributed by atoms with van der Waals surface area (Å²) in [4.78, 5) is 23.6. The fourth-order valence-electron chi connectivity index (χ4n) is 1.93.